The molecule has 0 N–H and O–H groups in total. The first-order chi connectivity index (χ1) is 11.7. The molecule has 1 saturated carbocycles. The number of nitrogens with zero attached hydrogens (tertiary/aromatic N) is 2. The van der Waals surface area contributed by atoms with E-state index in [9.17, 15) is 4.79 Å². The minimum Gasteiger partial charge on any atom is -0.461 e. The second-order valence-electron chi connectivity index (χ2n) is 6.06. The molecule has 0 radical (unpaired) electrons. The van der Waals surface area contributed by atoms with Crippen LogP contribution in [0.4, 0.5) is 0 Å². The summed E-state index contributed by atoms with van der Waals surface area (Å²) in [7, 11) is 0. The zero-order valence-electron chi connectivity index (χ0n) is 13.3. The van der Waals surface area contributed by atoms with Crippen molar-refractivity contribution >= 4 is 28.5 Å². The van der Waals surface area contributed by atoms with Crippen molar-refractivity contribution in [3.63, 3.8) is 0 Å². The van der Waals surface area contributed by atoms with Gasteiger partial charge < -0.3 is 13.7 Å². The van der Waals surface area contributed by atoms with Crippen LogP contribution in [0.2, 0.25) is 5.02 Å². The Bertz CT molecular complexity index is 908. The number of oxazole rings is 1. The molecular formula is C18H17ClN2O3. The van der Waals surface area contributed by atoms with Crippen LogP contribution in [0.15, 0.2) is 35.1 Å². The number of esters is 1. The number of fused-ring (bicyclic) bond motifs is 1. The number of ether oxygens (including phenoxy) is 1. The van der Waals surface area contributed by atoms with Crippen molar-refractivity contribution in [1.82, 2.24) is 9.55 Å². The van der Waals surface area contributed by atoms with Gasteiger partial charge in [-0.25, -0.2) is 9.78 Å². The number of carbonyl (C=O) groups is 1. The van der Waals surface area contributed by atoms with Gasteiger partial charge in [0.2, 0.25) is 5.89 Å². The summed E-state index contributed by atoms with van der Waals surface area (Å²) in [4.78, 5) is 16.1. The molecule has 0 spiro atoms. The minimum atomic E-state index is -0.479. The van der Waals surface area contributed by atoms with E-state index < -0.39 is 5.97 Å². The van der Waals surface area contributed by atoms with E-state index in [0.29, 0.717) is 17.5 Å². The quantitative estimate of drug-likeness (QED) is 0.638. The Labute approximate surface area is 144 Å². The van der Waals surface area contributed by atoms with Gasteiger partial charge in [-0.1, -0.05) is 11.6 Å². The van der Waals surface area contributed by atoms with Crippen LogP contribution >= 0.6 is 11.6 Å². The van der Waals surface area contributed by atoms with Gasteiger partial charge in [-0.15, -0.1) is 0 Å². The lowest BCUT2D eigenvalue weighted by molar-refractivity contribution is 0.0519. The normalized spacial score (nSPS) is 14.2. The van der Waals surface area contributed by atoms with E-state index >= 15 is 0 Å². The van der Waals surface area contributed by atoms with Crippen LogP contribution in [0.5, 0.6) is 0 Å². The summed E-state index contributed by atoms with van der Waals surface area (Å²) in [6.07, 6.45) is 5.91. The first-order valence-corrected chi connectivity index (χ1v) is 8.45. The number of aromatic nitrogens is 2. The van der Waals surface area contributed by atoms with Gasteiger partial charge >= 0.3 is 5.97 Å². The van der Waals surface area contributed by atoms with Gasteiger partial charge in [-0.2, -0.15) is 0 Å². The lowest BCUT2D eigenvalue weighted by Crippen LogP contribution is -2.04. The molecule has 1 fully saturated rings. The molecule has 1 aromatic carbocycles. The van der Waals surface area contributed by atoms with Crippen molar-refractivity contribution in [3.05, 3.63) is 41.4 Å². The molecule has 1 aliphatic carbocycles. The maximum absolute atomic E-state index is 11.8. The average molecular weight is 345 g/mol. The Morgan fingerprint density at radius 2 is 2.29 bits per heavy atom. The summed E-state index contributed by atoms with van der Waals surface area (Å²) in [6.45, 7) is 3.04. The Morgan fingerprint density at radius 1 is 1.46 bits per heavy atom. The van der Waals surface area contributed by atoms with Crippen LogP contribution in [-0.2, 0) is 11.3 Å². The standard InChI is InChI=1S/C18H17ClN2O3/c1-2-23-18(22)15-10-24-17(20-15)14-9-21(8-11-3-4-11)16-6-5-12(19)7-13(14)16/h5-7,9-11H,2-4,8H2,1H3. The van der Waals surface area contributed by atoms with E-state index in [0.717, 1.165) is 28.9 Å². The third-order valence-corrected chi connectivity index (χ3v) is 4.45. The highest BCUT2D eigenvalue weighted by Gasteiger charge is 2.24. The Hall–Kier alpha value is -2.27. The maximum atomic E-state index is 11.8. The molecule has 124 valence electrons. The first-order valence-electron chi connectivity index (χ1n) is 8.07. The van der Waals surface area contributed by atoms with Crippen molar-refractivity contribution in [1.29, 1.82) is 0 Å². The summed E-state index contributed by atoms with van der Waals surface area (Å²) < 4.78 is 12.7. The second kappa shape index (κ2) is 5.98. The van der Waals surface area contributed by atoms with Crippen LogP contribution in [0.25, 0.3) is 22.4 Å². The van der Waals surface area contributed by atoms with E-state index in [1.165, 1.54) is 19.1 Å². The van der Waals surface area contributed by atoms with Crippen LogP contribution in [-0.4, -0.2) is 22.1 Å². The summed E-state index contributed by atoms with van der Waals surface area (Å²) in [5.74, 6) is 0.663. The summed E-state index contributed by atoms with van der Waals surface area (Å²) in [6, 6.07) is 5.80. The maximum Gasteiger partial charge on any atom is 0.360 e. The van der Waals surface area contributed by atoms with Crippen LogP contribution < -0.4 is 0 Å². The molecule has 0 amide bonds. The van der Waals surface area contributed by atoms with E-state index in [-0.39, 0.29) is 5.69 Å². The largest absolute Gasteiger partial charge is 0.461 e. The van der Waals surface area contributed by atoms with Gasteiger partial charge in [0.25, 0.3) is 0 Å². The number of carbonyl (C=O) groups excluding carboxylic acids is 1. The van der Waals surface area contributed by atoms with Gasteiger partial charge in [-0.3, -0.25) is 0 Å². The van der Waals surface area contributed by atoms with Crippen molar-refractivity contribution in [2.24, 2.45) is 5.92 Å². The summed E-state index contributed by atoms with van der Waals surface area (Å²) in [5.41, 5.74) is 2.11. The summed E-state index contributed by atoms with van der Waals surface area (Å²) >= 11 is 6.17. The number of hydrogen-bond acceptors (Lipinski definition) is 4. The van der Waals surface area contributed by atoms with E-state index in [1.807, 2.05) is 24.4 Å². The smallest absolute Gasteiger partial charge is 0.360 e. The van der Waals surface area contributed by atoms with Crippen molar-refractivity contribution in [2.75, 3.05) is 6.61 Å². The van der Waals surface area contributed by atoms with E-state index in [1.54, 1.807) is 6.92 Å². The molecule has 2 heterocycles. The number of benzene rings is 1. The second-order valence-corrected chi connectivity index (χ2v) is 6.49. The van der Waals surface area contributed by atoms with Crippen LogP contribution in [0, 0.1) is 5.92 Å². The molecule has 5 nitrogen and oxygen atoms in total. The third-order valence-electron chi connectivity index (χ3n) is 4.21. The number of halogens is 1. The molecule has 6 heteroatoms. The zero-order valence-corrected chi connectivity index (χ0v) is 14.0. The van der Waals surface area contributed by atoms with Gasteiger partial charge in [0.1, 0.15) is 6.26 Å². The monoisotopic (exact) mass is 344 g/mol. The molecule has 0 aliphatic heterocycles. The molecule has 4 rings (SSSR count). The number of rotatable bonds is 5. The number of hydrogen-bond donors (Lipinski definition) is 0. The summed E-state index contributed by atoms with van der Waals surface area (Å²) in [5, 5.41) is 1.63. The van der Waals surface area contributed by atoms with E-state index in [2.05, 4.69) is 9.55 Å². The molecule has 0 bridgehead atoms. The minimum absolute atomic E-state index is 0.178. The lowest BCUT2D eigenvalue weighted by atomic mass is 10.2. The van der Waals surface area contributed by atoms with Crippen LogP contribution in [0.3, 0.4) is 0 Å². The molecule has 1 aliphatic rings. The predicted molar refractivity (Wildman–Crippen MR) is 91.1 cm³/mol. The van der Waals surface area contributed by atoms with Crippen LogP contribution in [0.1, 0.15) is 30.3 Å². The molecule has 2 aromatic heterocycles. The highest BCUT2D eigenvalue weighted by atomic mass is 35.5. The van der Waals surface area contributed by atoms with Gasteiger partial charge in [0.05, 0.1) is 12.2 Å². The third kappa shape index (κ3) is 2.80. The molecule has 0 unspecified atom stereocenters. The SMILES string of the molecule is CCOC(=O)c1coc(-c2cn(CC3CC3)c3ccc(Cl)cc23)n1. The Kier molecular flexibility index (Phi) is 3.81. The zero-order chi connectivity index (χ0) is 16.7. The predicted octanol–water partition coefficient (Wildman–Crippen LogP) is 4.54. The molecule has 3 aromatic rings. The Morgan fingerprint density at radius 3 is 3.04 bits per heavy atom. The molecule has 24 heavy (non-hydrogen) atoms. The van der Waals surface area contributed by atoms with Crippen molar-refractivity contribution in [2.45, 2.75) is 26.3 Å². The van der Waals surface area contributed by atoms with Crippen molar-refractivity contribution in [3.8, 4) is 11.5 Å². The first kappa shape index (κ1) is 15.3. The molecular weight excluding hydrogens is 328 g/mol. The fraction of sp³-hybridized carbons (Fsp3) is 0.333. The topological polar surface area (TPSA) is 57.3 Å². The van der Waals surface area contributed by atoms with Gasteiger partial charge in [0.15, 0.2) is 5.69 Å². The molecule has 0 saturated heterocycles. The van der Waals surface area contributed by atoms with Gasteiger partial charge in [0, 0.05) is 28.7 Å². The molecule has 0 atom stereocenters. The van der Waals surface area contributed by atoms with Gasteiger partial charge in [-0.05, 0) is 43.9 Å². The fourth-order valence-electron chi connectivity index (χ4n) is 2.87. The van der Waals surface area contributed by atoms with E-state index in [4.69, 9.17) is 20.8 Å². The lowest BCUT2D eigenvalue weighted by Gasteiger charge is -2.03. The van der Waals surface area contributed by atoms with Crippen molar-refractivity contribution < 1.29 is 13.9 Å². The highest BCUT2D eigenvalue weighted by molar-refractivity contribution is 6.31. The Balaban J connectivity index is 1.78. The average Bonchev–Trinajstić information content (AvgIpc) is 3.12. The highest BCUT2D eigenvalue weighted by Crippen LogP contribution is 2.36. The fourth-order valence-corrected chi connectivity index (χ4v) is 3.04.